The number of nitrogens with zero attached hydrogens (tertiary/aromatic N) is 2. The van der Waals surface area contributed by atoms with Crippen molar-refractivity contribution in [3.63, 3.8) is 0 Å². The van der Waals surface area contributed by atoms with E-state index in [-0.39, 0.29) is 5.41 Å². The molecule has 4 rings (SSSR count). The summed E-state index contributed by atoms with van der Waals surface area (Å²) in [5, 5.41) is 0. The molecule has 2 atom stereocenters. The summed E-state index contributed by atoms with van der Waals surface area (Å²) in [6, 6.07) is 17.5. The first-order valence-corrected chi connectivity index (χ1v) is 7.85. The van der Waals surface area contributed by atoms with Gasteiger partial charge in [-0.3, -0.25) is 4.90 Å². The van der Waals surface area contributed by atoms with Gasteiger partial charge in [0.15, 0.2) is 0 Å². The second kappa shape index (κ2) is 4.75. The zero-order chi connectivity index (χ0) is 15.3. The number of methoxy groups -OCH3 is 1. The number of benzene rings is 2. The zero-order valence-corrected chi connectivity index (χ0v) is 13.4. The number of para-hydroxylation sites is 1. The number of likely N-dealkylation sites (tertiary alicyclic amines) is 1. The van der Waals surface area contributed by atoms with E-state index in [0.29, 0.717) is 6.17 Å². The van der Waals surface area contributed by atoms with Crippen LogP contribution in [-0.4, -0.2) is 38.8 Å². The molecule has 0 aliphatic carbocycles. The SMILES string of the molecule is COc1ccc([C@]23CCN(C)[C@H]2N(C)c2ccccc23)cc1. The molecule has 0 aromatic heterocycles. The minimum absolute atomic E-state index is 0.0619. The van der Waals surface area contributed by atoms with Gasteiger partial charge in [0.25, 0.3) is 0 Å². The molecule has 2 aliphatic rings. The summed E-state index contributed by atoms with van der Waals surface area (Å²) in [6.07, 6.45) is 1.54. The molecule has 1 saturated heterocycles. The van der Waals surface area contributed by atoms with Crippen LogP contribution in [0.3, 0.4) is 0 Å². The Morgan fingerprint density at radius 3 is 2.50 bits per heavy atom. The van der Waals surface area contributed by atoms with Gasteiger partial charge in [-0.25, -0.2) is 0 Å². The van der Waals surface area contributed by atoms with Gasteiger partial charge in [-0.1, -0.05) is 30.3 Å². The van der Waals surface area contributed by atoms with Crippen molar-refractivity contribution in [3.05, 3.63) is 59.7 Å². The Hall–Kier alpha value is -2.00. The fourth-order valence-corrected chi connectivity index (χ4v) is 4.51. The Bertz CT molecular complexity index is 697. The smallest absolute Gasteiger partial charge is 0.118 e. The third kappa shape index (κ3) is 1.60. The Morgan fingerprint density at radius 2 is 1.77 bits per heavy atom. The fraction of sp³-hybridized carbons (Fsp3) is 0.368. The maximum absolute atomic E-state index is 5.33. The molecule has 0 saturated carbocycles. The maximum Gasteiger partial charge on any atom is 0.118 e. The maximum atomic E-state index is 5.33. The van der Waals surface area contributed by atoms with E-state index < -0.39 is 0 Å². The number of ether oxygens (including phenoxy) is 1. The number of rotatable bonds is 2. The second-order valence-electron chi connectivity index (χ2n) is 6.43. The van der Waals surface area contributed by atoms with Gasteiger partial charge in [0, 0.05) is 19.3 Å². The molecule has 2 aromatic rings. The third-order valence-corrected chi connectivity index (χ3v) is 5.45. The molecule has 1 fully saturated rings. The first-order chi connectivity index (χ1) is 10.7. The molecule has 0 radical (unpaired) electrons. The number of anilines is 1. The van der Waals surface area contributed by atoms with Crippen LogP contribution in [0.1, 0.15) is 17.5 Å². The predicted molar refractivity (Wildman–Crippen MR) is 89.7 cm³/mol. The van der Waals surface area contributed by atoms with Crippen molar-refractivity contribution in [2.45, 2.75) is 18.0 Å². The molecule has 3 nitrogen and oxygen atoms in total. The first-order valence-electron chi connectivity index (χ1n) is 7.85. The van der Waals surface area contributed by atoms with E-state index in [1.165, 1.54) is 16.8 Å². The molecule has 2 heterocycles. The summed E-state index contributed by atoms with van der Waals surface area (Å²) in [7, 11) is 6.17. The van der Waals surface area contributed by atoms with Gasteiger partial charge in [0.1, 0.15) is 5.75 Å². The topological polar surface area (TPSA) is 15.7 Å². The van der Waals surface area contributed by atoms with Gasteiger partial charge in [-0.05, 0) is 42.8 Å². The lowest BCUT2D eigenvalue weighted by molar-refractivity contribution is 0.278. The summed E-state index contributed by atoms with van der Waals surface area (Å²) in [5.41, 5.74) is 4.26. The molecule has 0 spiro atoms. The van der Waals surface area contributed by atoms with Crippen LogP contribution in [0, 0.1) is 0 Å². The molecular formula is C19H22N2O. The molecule has 0 amide bonds. The van der Waals surface area contributed by atoms with Crippen LogP contribution in [0.15, 0.2) is 48.5 Å². The largest absolute Gasteiger partial charge is 0.497 e. The van der Waals surface area contributed by atoms with Gasteiger partial charge < -0.3 is 9.64 Å². The highest BCUT2D eigenvalue weighted by atomic mass is 16.5. The molecule has 0 N–H and O–H groups in total. The van der Waals surface area contributed by atoms with E-state index in [4.69, 9.17) is 4.74 Å². The van der Waals surface area contributed by atoms with Crippen molar-refractivity contribution < 1.29 is 4.74 Å². The van der Waals surface area contributed by atoms with Crippen LogP contribution in [0.2, 0.25) is 0 Å². The molecule has 2 aromatic carbocycles. The number of likely N-dealkylation sites (N-methyl/N-ethyl adjacent to an activating group) is 2. The highest BCUT2D eigenvalue weighted by Gasteiger charge is 2.55. The summed E-state index contributed by atoms with van der Waals surface area (Å²) >= 11 is 0. The van der Waals surface area contributed by atoms with Crippen LogP contribution in [0.5, 0.6) is 5.75 Å². The Balaban J connectivity index is 1.92. The van der Waals surface area contributed by atoms with Crippen molar-refractivity contribution in [2.75, 3.05) is 32.6 Å². The molecular weight excluding hydrogens is 272 g/mol. The number of fused-ring (bicyclic) bond motifs is 3. The molecule has 2 aliphatic heterocycles. The predicted octanol–water partition coefficient (Wildman–Crippen LogP) is 3.09. The van der Waals surface area contributed by atoms with Crippen molar-refractivity contribution >= 4 is 5.69 Å². The van der Waals surface area contributed by atoms with E-state index in [9.17, 15) is 0 Å². The lowest BCUT2D eigenvalue weighted by Gasteiger charge is -2.35. The van der Waals surface area contributed by atoms with E-state index >= 15 is 0 Å². The lowest BCUT2D eigenvalue weighted by Crippen LogP contribution is -2.47. The molecule has 22 heavy (non-hydrogen) atoms. The third-order valence-electron chi connectivity index (χ3n) is 5.45. The molecule has 114 valence electrons. The van der Waals surface area contributed by atoms with E-state index in [1.807, 2.05) is 0 Å². The van der Waals surface area contributed by atoms with Crippen LogP contribution >= 0.6 is 0 Å². The second-order valence-corrected chi connectivity index (χ2v) is 6.43. The lowest BCUT2D eigenvalue weighted by atomic mass is 9.73. The molecule has 0 bridgehead atoms. The van der Waals surface area contributed by atoms with Crippen molar-refractivity contribution in [3.8, 4) is 5.75 Å². The van der Waals surface area contributed by atoms with Crippen LogP contribution in [0.25, 0.3) is 0 Å². The van der Waals surface area contributed by atoms with Gasteiger partial charge in [0.05, 0.1) is 18.7 Å². The summed E-state index contributed by atoms with van der Waals surface area (Å²) < 4.78 is 5.33. The minimum Gasteiger partial charge on any atom is -0.497 e. The van der Waals surface area contributed by atoms with E-state index in [2.05, 4.69) is 72.4 Å². The average Bonchev–Trinajstić information content (AvgIpc) is 3.04. The first kappa shape index (κ1) is 13.6. The van der Waals surface area contributed by atoms with Gasteiger partial charge in [0.2, 0.25) is 0 Å². The summed E-state index contributed by atoms with van der Waals surface area (Å²) in [6.45, 7) is 1.12. The summed E-state index contributed by atoms with van der Waals surface area (Å²) in [5.74, 6) is 0.919. The van der Waals surface area contributed by atoms with E-state index in [0.717, 1.165) is 18.7 Å². The normalized spacial score (nSPS) is 26.9. The molecule has 3 heteroatoms. The highest BCUT2D eigenvalue weighted by molar-refractivity contribution is 5.68. The minimum atomic E-state index is 0.0619. The Morgan fingerprint density at radius 1 is 1.05 bits per heavy atom. The standard InChI is InChI=1S/C19H22N2O/c1-20-13-12-19(14-8-10-15(22-3)11-9-14)16-6-4-5-7-17(16)21(2)18(19)20/h4-11,18H,12-13H2,1-3H3/t18-,19-/m0/s1. The van der Waals surface area contributed by atoms with Crippen molar-refractivity contribution in [2.24, 2.45) is 0 Å². The zero-order valence-electron chi connectivity index (χ0n) is 13.4. The number of hydrogen-bond donors (Lipinski definition) is 0. The summed E-state index contributed by atoms with van der Waals surface area (Å²) in [4.78, 5) is 4.91. The molecule has 0 unspecified atom stereocenters. The van der Waals surface area contributed by atoms with Gasteiger partial charge in [-0.2, -0.15) is 0 Å². The van der Waals surface area contributed by atoms with Crippen molar-refractivity contribution in [1.82, 2.24) is 4.90 Å². The highest BCUT2D eigenvalue weighted by Crippen LogP contribution is 2.54. The monoisotopic (exact) mass is 294 g/mol. The van der Waals surface area contributed by atoms with Crippen LogP contribution in [-0.2, 0) is 5.41 Å². The average molecular weight is 294 g/mol. The number of hydrogen-bond acceptors (Lipinski definition) is 3. The quantitative estimate of drug-likeness (QED) is 0.846. The van der Waals surface area contributed by atoms with Crippen LogP contribution < -0.4 is 9.64 Å². The fourth-order valence-electron chi connectivity index (χ4n) is 4.51. The Kier molecular flexibility index (Phi) is 2.95. The van der Waals surface area contributed by atoms with Gasteiger partial charge >= 0.3 is 0 Å². The Labute approximate surface area is 132 Å². The van der Waals surface area contributed by atoms with E-state index in [1.54, 1.807) is 7.11 Å². The van der Waals surface area contributed by atoms with Crippen molar-refractivity contribution in [1.29, 1.82) is 0 Å². The van der Waals surface area contributed by atoms with Crippen LogP contribution in [0.4, 0.5) is 5.69 Å². The van der Waals surface area contributed by atoms with Gasteiger partial charge in [-0.15, -0.1) is 0 Å².